The molecule has 58 valence electrons. The molecule has 1 unspecified atom stereocenters. The van der Waals surface area contributed by atoms with Crippen LogP contribution in [0.25, 0.3) is 0 Å². The largest absolute Gasteiger partial charge is 0.390 e. The molecular weight excluding hydrogens is 124 g/mol. The van der Waals surface area contributed by atoms with Crippen molar-refractivity contribution in [2.75, 3.05) is 0 Å². The molecule has 0 radical (unpaired) electrons. The minimum atomic E-state index is -0.510. The summed E-state index contributed by atoms with van der Waals surface area (Å²) in [5.74, 6) is 5.73. The van der Waals surface area contributed by atoms with Crippen molar-refractivity contribution in [3.05, 3.63) is 0 Å². The maximum absolute atomic E-state index is 9.48. The van der Waals surface area contributed by atoms with Crippen molar-refractivity contribution < 1.29 is 5.11 Å². The third-order valence-electron chi connectivity index (χ3n) is 1.73. The third-order valence-corrected chi connectivity index (χ3v) is 1.73. The average molecular weight is 140 g/mol. The Morgan fingerprint density at radius 2 is 2.10 bits per heavy atom. The summed E-state index contributed by atoms with van der Waals surface area (Å²) in [6.07, 6.45) is 2.39. The van der Waals surface area contributed by atoms with Crippen LogP contribution in [0.3, 0.4) is 0 Å². The molecule has 0 heterocycles. The molecular formula is C9H16O. The zero-order valence-corrected chi connectivity index (χ0v) is 7.07. The van der Waals surface area contributed by atoms with Crippen LogP contribution in [-0.2, 0) is 0 Å². The molecule has 1 atom stereocenters. The van der Waals surface area contributed by atoms with Crippen LogP contribution in [0.5, 0.6) is 0 Å². The summed E-state index contributed by atoms with van der Waals surface area (Å²) >= 11 is 0. The summed E-state index contributed by atoms with van der Waals surface area (Å²) in [5, 5.41) is 9.48. The minimum Gasteiger partial charge on any atom is -0.390 e. The summed E-state index contributed by atoms with van der Waals surface area (Å²) in [6.45, 7) is 5.66. The second kappa shape index (κ2) is 4.35. The van der Waals surface area contributed by atoms with E-state index < -0.39 is 5.60 Å². The van der Waals surface area contributed by atoms with Crippen LogP contribution in [0.15, 0.2) is 0 Å². The van der Waals surface area contributed by atoms with Crippen LogP contribution in [0, 0.1) is 11.8 Å². The van der Waals surface area contributed by atoms with Gasteiger partial charge in [0.15, 0.2) is 0 Å². The molecule has 0 saturated heterocycles. The lowest BCUT2D eigenvalue weighted by molar-refractivity contribution is 0.0486. The lowest BCUT2D eigenvalue weighted by atomic mass is 9.98. The van der Waals surface area contributed by atoms with Gasteiger partial charge in [-0.2, -0.15) is 0 Å². The Morgan fingerprint density at radius 3 is 2.50 bits per heavy atom. The Balaban J connectivity index is 3.53. The summed E-state index contributed by atoms with van der Waals surface area (Å²) in [4.78, 5) is 0. The Morgan fingerprint density at radius 1 is 1.50 bits per heavy atom. The molecule has 1 nitrogen and oxygen atoms in total. The standard InChI is InChI=1S/C9H16O/c1-4-6-7-8-9(3,10)5-2/h10H,5,7-8H2,1-3H3. The molecule has 0 spiro atoms. The van der Waals surface area contributed by atoms with Crippen molar-refractivity contribution in [3.63, 3.8) is 0 Å². The van der Waals surface area contributed by atoms with Gasteiger partial charge < -0.3 is 5.11 Å². The van der Waals surface area contributed by atoms with Gasteiger partial charge in [0, 0.05) is 6.42 Å². The van der Waals surface area contributed by atoms with Crippen molar-refractivity contribution >= 4 is 0 Å². The smallest absolute Gasteiger partial charge is 0.0626 e. The van der Waals surface area contributed by atoms with Gasteiger partial charge in [0.25, 0.3) is 0 Å². The van der Waals surface area contributed by atoms with Gasteiger partial charge in [-0.25, -0.2) is 0 Å². The van der Waals surface area contributed by atoms with Gasteiger partial charge in [-0.3, -0.25) is 0 Å². The van der Waals surface area contributed by atoms with Crippen molar-refractivity contribution in [2.45, 2.75) is 45.6 Å². The molecule has 0 saturated carbocycles. The lowest BCUT2D eigenvalue weighted by Gasteiger charge is -2.19. The zero-order valence-electron chi connectivity index (χ0n) is 7.07. The zero-order chi connectivity index (χ0) is 8.04. The monoisotopic (exact) mass is 140 g/mol. The highest BCUT2D eigenvalue weighted by molar-refractivity contribution is 4.96. The first-order chi connectivity index (χ1) is 4.62. The summed E-state index contributed by atoms with van der Waals surface area (Å²) in [6, 6.07) is 0. The van der Waals surface area contributed by atoms with E-state index in [2.05, 4.69) is 11.8 Å². The Labute approximate surface area is 63.5 Å². The molecule has 10 heavy (non-hydrogen) atoms. The Kier molecular flexibility index (Phi) is 4.14. The maximum Gasteiger partial charge on any atom is 0.0626 e. The van der Waals surface area contributed by atoms with E-state index in [0.717, 1.165) is 19.3 Å². The fourth-order valence-electron chi connectivity index (χ4n) is 0.634. The van der Waals surface area contributed by atoms with Gasteiger partial charge in [0.2, 0.25) is 0 Å². The number of aliphatic hydroxyl groups is 1. The molecule has 0 aromatic carbocycles. The van der Waals surface area contributed by atoms with E-state index in [1.807, 2.05) is 20.8 Å². The Hall–Kier alpha value is -0.480. The third kappa shape index (κ3) is 4.40. The molecule has 0 aromatic heterocycles. The lowest BCUT2D eigenvalue weighted by Crippen LogP contribution is -2.21. The number of hydrogen-bond acceptors (Lipinski definition) is 1. The van der Waals surface area contributed by atoms with E-state index in [0.29, 0.717) is 0 Å². The topological polar surface area (TPSA) is 20.2 Å². The van der Waals surface area contributed by atoms with Gasteiger partial charge in [-0.15, -0.1) is 11.8 Å². The Bertz CT molecular complexity index is 137. The molecule has 1 heteroatoms. The summed E-state index contributed by atoms with van der Waals surface area (Å²) < 4.78 is 0. The van der Waals surface area contributed by atoms with Gasteiger partial charge in [-0.05, 0) is 26.7 Å². The molecule has 0 aliphatic heterocycles. The highest BCUT2D eigenvalue weighted by Crippen LogP contribution is 2.14. The fourth-order valence-corrected chi connectivity index (χ4v) is 0.634. The molecule has 0 aliphatic carbocycles. The minimum absolute atomic E-state index is 0.510. The van der Waals surface area contributed by atoms with Gasteiger partial charge in [0.1, 0.15) is 0 Å². The first kappa shape index (κ1) is 9.52. The van der Waals surface area contributed by atoms with Gasteiger partial charge in [0.05, 0.1) is 5.60 Å². The van der Waals surface area contributed by atoms with E-state index in [9.17, 15) is 5.11 Å². The van der Waals surface area contributed by atoms with Crippen molar-refractivity contribution in [1.29, 1.82) is 0 Å². The maximum atomic E-state index is 9.48. The van der Waals surface area contributed by atoms with E-state index in [1.54, 1.807) is 0 Å². The second-order valence-electron chi connectivity index (χ2n) is 2.78. The van der Waals surface area contributed by atoms with Crippen LogP contribution in [0.4, 0.5) is 0 Å². The first-order valence-corrected chi connectivity index (χ1v) is 3.74. The average Bonchev–Trinajstić information content (AvgIpc) is 1.89. The predicted molar refractivity (Wildman–Crippen MR) is 43.6 cm³/mol. The fraction of sp³-hybridized carbons (Fsp3) is 0.778. The van der Waals surface area contributed by atoms with Crippen molar-refractivity contribution in [3.8, 4) is 11.8 Å². The van der Waals surface area contributed by atoms with Crippen molar-refractivity contribution in [2.24, 2.45) is 0 Å². The van der Waals surface area contributed by atoms with Crippen molar-refractivity contribution in [1.82, 2.24) is 0 Å². The predicted octanol–water partition coefficient (Wildman–Crippen LogP) is 1.95. The number of hydrogen-bond donors (Lipinski definition) is 1. The van der Waals surface area contributed by atoms with Crippen LogP contribution >= 0.6 is 0 Å². The first-order valence-electron chi connectivity index (χ1n) is 3.74. The SMILES string of the molecule is CC#CCCC(C)(O)CC. The highest BCUT2D eigenvalue weighted by atomic mass is 16.3. The molecule has 1 N–H and O–H groups in total. The summed E-state index contributed by atoms with van der Waals surface area (Å²) in [5.41, 5.74) is -0.510. The molecule has 0 fully saturated rings. The van der Waals surface area contributed by atoms with Crippen LogP contribution in [0.1, 0.15) is 40.0 Å². The number of rotatable bonds is 3. The van der Waals surface area contributed by atoms with E-state index >= 15 is 0 Å². The molecule has 0 aliphatic rings. The van der Waals surface area contributed by atoms with Gasteiger partial charge >= 0.3 is 0 Å². The molecule has 0 rings (SSSR count). The quantitative estimate of drug-likeness (QED) is 0.594. The normalized spacial score (nSPS) is 15.2. The van der Waals surface area contributed by atoms with E-state index in [1.165, 1.54) is 0 Å². The molecule has 0 bridgehead atoms. The van der Waals surface area contributed by atoms with E-state index in [4.69, 9.17) is 0 Å². The van der Waals surface area contributed by atoms with Gasteiger partial charge in [-0.1, -0.05) is 6.92 Å². The van der Waals surface area contributed by atoms with Crippen LogP contribution < -0.4 is 0 Å². The molecule has 0 aromatic rings. The highest BCUT2D eigenvalue weighted by Gasteiger charge is 2.15. The van der Waals surface area contributed by atoms with Crippen LogP contribution in [-0.4, -0.2) is 10.7 Å². The molecule has 0 amide bonds. The summed E-state index contributed by atoms with van der Waals surface area (Å²) in [7, 11) is 0. The second-order valence-corrected chi connectivity index (χ2v) is 2.78. The van der Waals surface area contributed by atoms with E-state index in [-0.39, 0.29) is 0 Å². The van der Waals surface area contributed by atoms with Crippen LogP contribution in [0.2, 0.25) is 0 Å².